The van der Waals surface area contributed by atoms with E-state index in [1.54, 1.807) is 0 Å². The van der Waals surface area contributed by atoms with Gasteiger partial charge < -0.3 is 15.2 Å². The highest BCUT2D eigenvalue weighted by Gasteiger charge is 2.36. The number of hydrogen-bond acceptors (Lipinski definition) is 3. The van der Waals surface area contributed by atoms with Crippen molar-refractivity contribution in [1.82, 2.24) is 5.32 Å². The van der Waals surface area contributed by atoms with E-state index < -0.39 is 0 Å². The molecule has 0 aromatic heterocycles. The first-order valence-electron chi connectivity index (χ1n) is 8.92. The molecule has 1 aliphatic carbocycles. The van der Waals surface area contributed by atoms with E-state index in [-0.39, 0.29) is 24.0 Å². The summed E-state index contributed by atoms with van der Waals surface area (Å²) in [5.74, 6) is 1.16. The summed E-state index contributed by atoms with van der Waals surface area (Å²) in [5.41, 5.74) is 3.97. The average molecular weight is 337 g/mol. The molecule has 0 saturated heterocycles. The first kappa shape index (κ1) is 16.2. The number of ether oxygens (including phenoxy) is 1. The second kappa shape index (κ2) is 6.52. The number of fused-ring (bicyclic) bond motifs is 1. The Bertz CT molecular complexity index is 795. The third-order valence-corrected chi connectivity index (χ3v) is 5.37. The van der Waals surface area contributed by atoms with Gasteiger partial charge in [-0.15, -0.1) is 0 Å². The lowest BCUT2D eigenvalue weighted by molar-refractivity contribution is 0.0235. The van der Waals surface area contributed by atoms with Gasteiger partial charge in [-0.25, -0.2) is 0 Å². The monoisotopic (exact) mass is 337 g/mol. The molecular weight excluding hydrogens is 314 g/mol. The van der Waals surface area contributed by atoms with Gasteiger partial charge in [0.2, 0.25) is 0 Å². The summed E-state index contributed by atoms with van der Waals surface area (Å²) in [5, 5.41) is 12.9. The van der Waals surface area contributed by atoms with Crippen molar-refractivity contribution in [1.29, 1.82) is 0 Å². The van der Waals surface area contributed by atoms with Crippen LogP contribution in [0.15, 0.2) is 42.5 Å². The number of nitrogens with one attached hydrogen (secondary N) is 1. The van der Waals surface area contributed by atoms with Crippen LogP contribution in [0.2, 0.25) is 0 Å². The predicted octanol–water partition coefficient (Wildman–Crippen LogP) is 3.17. The van der Waals surface area contributed by atoms with Crippen LogP contribution >= 0.6 is 0 Å². The third-order valence-electron chi connectivity index (χ3n) is 5.37. The van der Waals surface area contributed by atoms with Crippen LogP contribution in [0.5, 0.6) is 5.75 Å². The Morgan fingerprint density at radius 1 is 1.24 bits per heavy atom. The average Bonchev–Trinajstić information content (AvgIpc) is 3.05. The molecule has 1 heterocycles. The molecule has 0 bridgehead atoms. The zero-order valence-corrected chi connectivity index (χ0v) is 14.4. The summed E-state index contributed by atoms with van der Waals surface area (Å²) in [7, 11) is 0. The van der Waals surface area contributed by atoms with E-state index >= 15 is 0 Å². The number of carbonyl (C=O) groups is 1. The summed E-state index contributed by atoms with van der Waals surface area (Å²) < 4.78 is 5.59. The molecule has 1 unspecified atom stereocenters. The highest BCUT2D eigenvalue weighted by atomic mass is 16.5. The fraction of sp³-hybridized carbons (Fsp3) is 0.381. The normalized spacial score (nSPS) is 22.5. The van der Waals surface area contributed by atoms with Crippen molar-refractivity contribution >= 4 is 5.91 Å². The van der Waals surface area contributed by atoms with E-state index in [2.05, 4.69) is 11.4 Å². The molecule has 1 atom stereocenters. The van der Waals surface area contributed by atoms with Gasteiger partial charge in [-0.1, -0.05) is 24.3 Å². The predicted molar refractivity (Wildman–Crippen MR) is 95.8 cm³/mol. The number of benzene rings is 2. The van der Waals surface area contributed by atoms with Gasteiger partial charge in [-0.3, -0.25) is 4.79 Å². The van der Waals surface area contributed by atoms with Crippen molar-refractivity contribution in [2.75, 3.05) is 6.61 Å². The summed E-state index contributed by atoms with van der Waals surface area (Å²) >= 11 is 0. The number of amides is 1. The van der Waals surface area contributed by atoms with Crippen LogP contribution in [-0.2, 0) is 6.42 Å². The van der Waals surface area contributed by atoms with E-state index in [1.807, 2.05) is 43.3 Å². The Balaban J connectivity index is 1.61. The van der Waals surface area contributed by atoms with Gasteiger partial charge in [-0.05, 0) is 60.6 Å². The largest absolute Gasteiger partial charge is 0.493 e. The van der Waals surface area contributed by atoms with Gasteiger partial charge in [0.1, 0.15) is 5.75 Å². The molecule has 130 valence electrons. The SMILES string of the molecule is Cc1ccccc1C(=O)NC(c1ccc2c(c1)CCO2)C1CC(O)C1. The second-order valence-corrected chi connectivity index (χ2v) is 7.12. The third kappa shape index (κ3) is 3.14. The van der Waals surface area contributed by atoms with Gasteiger partial charge in [0.05, 0.1) is 18.8 Å². The minimum absolute atomic E-state index is 0.0544. The van der Waals surface area contributed by atoms with Crippen LogP contribution in [0.25, 0.3) is 0 Å². The van der Waals surface area contributed by atoms with E-state index in [4.69, 9.17) is 4.74 Å². The Kier molecular flexibility index (Phi) is 4.22. The molecule has 2 aliphatic rings. The zero-order valence-electron chi connectivity index (χ0n) is 14.4. The maximum atomic E-state index is 12.8. The molecule has 1 aliphatic heterocycles. The molecule has 25 heavy (non-hydrogen) atoms. The Morgan fingerprint density at radius 2 is 2.04 bits per heavy atom. The minimum Gasteiger partial charge on any atom is -0.493 e. The Hall–Kier alpha value is -2.33. The number of rotatable bonds is 4. The van der Waals surface area contributed by atoms with Crippen LogP contribution in [-0.4, -0.2) is 23.7 Å². The molecule has 1 saturated carbocycles. The molecule has 1 fully saturated rings. The molecule has 2 aromatic rings. The van der Waals surface area contributed by atoms with Crippen molar-refractivity contribution < 1.29 is 14.6 Å². The molecule has 4 rings (SSSR count). The summed E-state index contributed by atoms with van der Waals surface area (Å²) in [6.07, 6.45) is 2.12. The Labute approximate surface area is 147 Å². The fourth-order valence-electron chi connectivity index (χ4n) is 3.82. The standard InChI is InChI=1S/C21H23NO3/c1-13-4-2-3-5-18(13)21(24)22-20(16-11-17(23)12-16)15-6-7-19-14(10-15)8-9-25-19/h2-7,10,16-17,20,23H,8-9,11-12H2,1H3,(H,22,24). The first-order valence-corrected chi connectivity index (χ1v) is 8.92. The van der Waals surface area contributed by atoms with Crippen molar-refractivity contribution in [3.8, 4) is 5.75 Å². The molecule has 0 radical (unpaired) electrons. The van der Waals surface area contributed by atoms with E-state index in [1.165, 1.54) is 5.56 Å². The van der Waals surface area contributed by atoms with Crippen LogP contribution in [0.1, 0.15) is 45.9 Å². The lowest BCUT2D eigenvalue weighted by Crippen LogP contribution is -2.41. The minimum atomic E-state index is -0.249. The lowest BCUT2D eigenvalue weighted by Gasteiger charge is -2.38. The summed E-state index contributed by atoms with van der Waals surface area (Å²) in [6, 6.07) is 13.7. The maximum Gasteiger partial charge on any atom is 0.252 e. The molecule has 4 nitrogen and oxygen atoms in total. The van der Waals surface area contributed by atoms with Crippen LogP contribution in [0, 0.1) is 12.8 Å². The molecule has 2 N–H and O–H groups in total. The first-order chi connectivity index (χ1) is 12.1. The van der Waals surface area contributed by atoms with Gasteiger partial charge in [0.15, 0.2) is 0 Å². The smallest absolute Gasteiger partial charge is 0.252 e. The highest BCUT2D eigenvalue weighted by molar-refractivity contribution is 5.95. The van der Waals surface area contributed by atoms with E-state index in [0.717, 1.165) is 42.7 Å². The molecule has 1 amide bonds. The van der Waals surface area contributed by atoms with Crippen molar-refractivity contribution in [3.05, 3.63) is 64.7 Å². The number of aliphatic hydroxyl groups is 1. The summed E-state index contributed by atoms with van der Waals surface area (Å²) in [4.78, 5) is 12.8. The second-order valence-electron chi connectivity index (χ2n) is 7.12. The fourth-order valence-corrected chi connectivity index (χ4v) is 3.82. The molecule has 4 heteroatoms. The van der Waals surface area contributed by atoms with Crippen LogP contribution in [0.4, 0.5) is 0 Å². The lowest BCUT2D eigenvalue weighted by atomic mass is 9.74. The summed E-state index contributed by atoms with van der Waals surface area (Å²) in [6.45, 7) is 2.67. The quantitative estimate of drug-likeness (QED) is 0.901. The van der Waals surface area contributed by atoms with Crippen molar-refractivity contribution in [2.24, 2.45) is 5.92 Å². The number of hydrogen-bond donors (Lipinski definition) is 2. The van der Waals surface area contributed by atoms with Gasteiger partial charge >= 0.3 is 0 Å². The van der Waals surface area contributed by atoms with Gasteiger partial charge in [0.25, 0.3) is 5.91 Å². The van der Waals surface area contributed by atoms with Gasteiger partial charge in [0, 0.05) is 12.0 Å². The van der Waals surface area contributed by atoms with E-state index in [0.29, 0.717) is 5.56 Å². The number of carbonyl (C=O) groups excluding carboxylic acids is 1. The van der Waals surface area contributed by atoms with Crippen LogP contribution in [0.3, 0.4) is 0 Å². The van der Waals surface area contributed by atoms with Gasteiger partial charge in [-0.2, -0.15) is 0 Å². The topological polar surface area (TPSA) is 58.6 Å². The Morgan fingerprint density at radius 3 is 2.80 bits per heavy atom. The van der Waals surface area contributed by atoms with E-state index in [9.17, 15) is 9.90 Å². The maximum absolute atomic E-state index is 12.8. The van der Waals surface area contributed by atoms with Crippen LogP contribution < -0.4 is 10.1 Å². The number of aliphatic hydroxyl groups excluding tert-OH is 1. The highest BCUT2D eigenvalue weighted by Crippen LogP contribution is 2.40. The molecular formula is C21H23NO3. The molecule has 2 aromatic carbocycles. The molecule has 0 spiro atoms. The van der Waals surface area contributed by atoms with Crippen molar-refractivity contribution in [3.63, 3.8) is 0 Å². The van der Waals surface area contributed by atoms with Crippen molar-refractivity contribution in [2.45, 2.75) is 38.3 Å². The zero-order chi connectivity index (χ0) is 17.4. The number of aryl methyl sites for hydroxylation is 1.